The van der Waals surface area contributed by atoms with E-state index in [2.05, 4.69) is 5.32 Å². The summed E-state index contributed by atoms with van der Waals surface area (Å²) in [5.74, 6) is 0.604. The molecule has 1 aliphatic heterocycles. The molecule has 24 heavy (non-hydrogen) atoms. The predicted octanol–water partition coefficient (Wildman–Crippen LogP) is 1.73. The minimum Gasteiger partial charge on any atom is -0.494 e. The van der Waals surface area contributed by atoms with Crippen molar-refractivity contribution in [3.05, 3.63) is 29.8 Å². The number of nitrogens with one attached hydrogen (secondary N) is 1. The highest BCUT2D eigenvalue weighted by atomic mass is 16.5. The third kappa shape index (κ3) is 3.87. The van der Waals surface area contributed by atoms with Crippen LogP contribution in [-0.2, 0) is 20.9 Å². The molecule has 0 aliphatic carbocycles. The summed E-state index contributed by atoms with van der Waals surface area (Å²) in [6.45, 7) is 5.54. The molecule has 1 fully saturated rings. The zero-order valence-corrected chi connectivity index (χ0v) is 14.6. The Morgan fingerprint density at radius 3 is 2.83 bits per heavy atom. The molecular weight excluding hydrogens is 308 g/mol. The molecule has 1 aromatic rings. The highest BCUT2D eigenvalue weighted by molar-refractivity contribution is 5.94. The van der Waals surface area contributed by atoms with E-state index in [9.17, 15) is 9.59 Å². The fraction of sp³-hybridized carbons (Fsp3) is 0.556. The number of methoxy groups -OCH3 is 1. The van der Waals surface area contributed by atoms with Crippen LogP contribution in [-0.4, -0.2) is 49.1 Å². The number of rotatable bonds is 8. The molecule has 0 unspecified atom stereocenters. The average molecular weight is 334 g/mol. The van der Waals surface area contributed by atoms with Gasteiger partial charge in [-0.2, -0.15) is 0 Å². The van der Waals surface area contributed by atoms with Crippen molar-refractivity contribution >= 4 is 11.8 Å². The van der Waals surface area contributed by atoms with Crippen LogP contribution in [0.15, 0.2) is 24.3 Å². The maximum atomic E-state index is 12.6. The Bertz CT molecular complexity index is 590. The van der Waals surface area contributed by atoms with Crippen LogP contribution >= 0.6 is 0 Å². The summed E-state index contributed by atoms with van der Waals surface area (Å²) in [5.41, 5.74) is 0.0648. The molecule has 2 rings (SSSR count). The largest absolute Gasteiger partial charge is 0.494 e. The first-order chi connectivity index (χ1) is 11.5. The molecule has 1 N–H and O–H groups in total. The van der Waals surface area contributed by atoms with E-state index in [4.69, 9.17) is 9.47 Å². The Kier molecular flexibility index (Phi) is 6.20. The molecular formula is C18H26N2O4. The van der Waals surface area contributed by atoms with Crippen LogP contribution in [0, 0.1) is 0 Å². The van der Waals surface area contributed by atoms with Crippen LogP contribution in [0.1, 0.15) is 32.3 Å². The zero-order valence-electron chi connectivity index (χ0n) is 14.6. The van der Waals surface area contributed by atoms with Crippen LogP contribution < -0.4 is 10.1 Å². The molecule has 1 saturated heterocycles. The quantitative estimate of drug-likeness (QED) is 0.735. The summed E-state index contributed by atoms with van der Waals surface area (Å²) in [7, 11) is 1.59. The smallest absolute Gasteiger partial charge is 0.245 e. The Balaban J connectivity index is 2.17. The van der Waals surface area contributed by atoms with E-state index in [1.807, 2.05) is 38.1 Å². The number of carbonyl (C=O) groups excluding carboxylic acids is 2. The van der Waals surface area contributed by atoms with Crippen LogP contribution in [0.3, 0.4) is 0 Å². The topological polar surface area (TPSA) is 67.9 Å². The summed E-state index contributed by atoms with van der Waals surface area (Å²) in [5, 5.41) is 2.85. The van der Waals surface area contributed by atoms with Gasteiger partial charge in [-0.25, -0.2) is 0 Å². The number of carbonyl (C=O) groups is 2. The summed E-state index contributed by atoms with van der Waals surface area (Å²) < 4.78 is 10.6. The lowest BCUT2D eigenvalue weighted by Crippen LogP contribution is -2.54. The molecule has 1 atom stereocenters. The molecule has 6 heteroatoms. The van der Waals surface area contributed by atoms with Gasteiger partial charge in [0.1, 0.15) is 11.3 Å². The first-order valence-corrected chi connectivity index (χ1v) is 8.31. The van der Waals surface area contributed by atoms with Gasteiger partial charge in [-0.15, -0.1) is 0 Å². The molecule has 1 aliphatic rings. The predicted molar refractivity (Wildman–Crippen MR) is 90.7 cm³/mol. The van der Waals surface area contributed by atoms with E-state index in [1.165, 1.54) is 0 Å². The van der Waals surface area contributed by atoms with Crippen LogP contribution in [0.2, 0.25) is 0 Å². The highest BCUT2D eigenvalue weighted by Crippen LogP contribution is 2.33. The molecule has 132 valence electrons. The van der Waals surface area contributed by atoms with E-state index in [0.29, 0.717) is 39.1 Å². The van der Waals surface area contributed by atoms with Crippen molar-refractivity contribution < 1.29 is 19.1 Å². The molecule has 0 bridgehead atoms. The van der Waals surface area contributed by atoms with Gasteiger partial charge < -0.3 is 19.7 Å². The van der Waals surface area contributed by atoms with Crippen molar-refractivity contribution in [3.8, 4) is 5.75 Å². The van der Waals surface area contributed by atoms with E-state index >= 15 is 0 Å². The molecule has 0 spiro atoms. The molecule has 0 aromatic heterocycles. The van der Waals surface area contributed by atoms with Gasteiger partial charge in [0, 0.05) is 25.6 Å². The third-order valence-corrected chi connectivity index (χ3v) is 4.40. The lowest BCUT2D eigenvalue weighted by Gasteiger charge is -2.34. The van der Waals surface area contributed by atoms with Gasteiger partial charge in [0.15, 0.2) is 0 Å². The lowest BCUT2D eigenvalue weighted by molar-refractivity contribution is -0.141. The van der Waals surface area contributed by atoms with Crippen molar-refractivity contribution in [2.45, 2.75) is 38.8 Å². The first kappa shape index (κ1) is 18.3. The Morgan fingerprint density at radius 2 is 2.12 bits per heavy atom. The third-order valence-electron chi connectivity index (χ3n) is 4.40. The molecule has 1 aromatic carbocycles. The maximum absolute atomic E-state index is 12.6. The number of amides is 2. The van der Waals surface area contributed by atoms with Crippen LogP contribution in [0.5, 0.6) is 5.75 Å². The van der Waals surface area contributed by atoms with E-state index in [1.54, 1.807) is 12.0 Å². The maximum Gasteiger partial charge on any atom is 0.245 e. The average Bonchev–Trinajstić information content (AvgIpc) is 2.86. The van der Waals surface area contributed by atoms with Gasteiger partial charge in [-0.05, 0) is 26.3 Å². The van der Waals surface area contributed by atoms with Gasteiger partial charge in [-0.1, -0.05) is 18.2 Å². The second-order valence-corrected chi connectivity index (χ2v) is 6.04. The molecule has 0 radical (unpaired) electrons. The standard InChI is InChI=1S/C18H26N2O4/c1-4-24-15-8-6-5-7-14(15)13-20-16(21)9-10-18(20,2)17(22)19-11-12-23-3/h5-8H,4,9-13H2,1-3H3,(H,19,22)/t18-/m1/s1. The summed E-state index contributed by atoms with van der Waals surface area (Å²) in [4.78, 5) is 26.6. The number of nitrogens with zero attached hydrogens (tertiary/aromatic N) is 1. The van der Waals surface area contributed by atoms with Crippen molar-refractivity contribution in [1.82, 2.24) is 10.2 Å². The summed E-state index contributed by atoms with van der Waals surface area (Å²) in [6.07, 6.45) is 0.895. The number of para-hydroxylation sites is 1. The molecule has 6 nitrogen and oxygen atoms in total. The fourth-order valence-corrected chi connectivity index (χ4v) is 2.95. The Hall–Kier alpha value is -2.08. The second kappa shape index (κ2) is 8.15. The molecule has 1 heterocycles. The van der Waals surface area contributed by atoms with E-state index < -0.39 is 5.54 Å². The van der Waals surface area contributed by atoms with Gasteiger partial charge >= 0.3 is 0 Å². The second-order valence-electron chi connectivity index (χ2n) is 6.04. The van der Waals surface area contributed by atoms with Crippen molar-refractivity contribution in [2.75, 3.05) is 26.9 Å². The van der Waals surface area contributed by atoms with Crippen molar-refractivity contribution in [2.24, 2.45) is 0 Å². The normalized spacial score (nSPS) is 20.3. The zero-order chi connectivity index (χ0) is 17.6. The van der Waals surface area contributed by atoms with Crippen molar-refractivity contribution in [1.29, 1.82) is 0 Å². The van der Waals surface area contributed by atoms with E-state index in [-0.39, 0.29) is 11.8 Å². The van der Waals surface area contributed by atoms with Gasteiger partial charge in [0.05, 0.1) is 19.8 Å². The Morgan fingerprint density at radius 1 is 1.38 bits per heavy atom. The first-order valence-electron chi connectivity index (χ1n) is 8.31. The Labute approximate surface area is 143 Å². The van der Waals surface area contributed by atoms with E-state index in [0.717, 1.165) is 11.3 Å². The number of ether oxygens (including phenoxy) is 2. The number of hydrogen-bond acceptors (Lipinski definition) is 4. The minimum atomic E-state index is -0.843. The summed E-state index contributed by atoms with van der Waals surface area (Å²) >= 11 is 0. The van der Waals surface area contributed by atoms with Gasteiger partial charge in [0.2, 0.25) is 11.8 Å². The number of hydrogen-bond donors (Lipinski definition) is 1. The van der Waals surface area contributed by atoms with Crippen molar-refractivity contribution in [3.63, 3.8) is 0 Å². The summed E-state index contributed by atoms with van der Waals surface area (Å²) in [6, 6.07) is 7.63. The monoisotopic (exact) mass is 334 g/mol. The highest BCUT2D eigenvalue weighted by Gasteiger charge is 2.47. The fourth-order valence-electron chi connectivity index (χ4n) is 2.95. The molecule has 0 saturated carbocycles. The van der Waals surface area contributed by atoms with Crippen LogP contribution in [0.25, 0.3) is 0 Å². The van der Waals surface area contributed by atoms with Gasteiger partial charge in [0.25, 0.3) is 0 Å². The SMILES string of the molecule is CCOc1ccccc1CN1C(=O)CC[C@]1(C)C(=O)NCCOC. The number of likely N-dealkylation sites (tertiary alicyclic amines) is 1. The molecule has 2 amide bonds. The lowest BCUT2D eigenvalue weighted by atomic mass is 9.97. The number of benzene rings is 1. The van der Waals surface area contributed by atoms with Gasteiger partial charge in [-0.3, -0.25) is 9.59 Å². The minimum absolute atomic E-state index is 0.00862. The van der Waals surface area contributed by atoms with Crippen LogP contribution in [0.4, 0.5) is 0 Å².